The molecule has 0 aromatic heterocycles. The Hall–Kier alpha value is 0. The Kier molecular flexibility index (Phi) is 3.74. The highest BCUT2D eigenvalue weighted by Gasteiger charge is 2.40. The first-order chi connectivity index (χ1) is 7.24. The molecule has 0 spiro atoms. The minimum atomic E-state index is 1.01. The van der Waals surface area contributed by atoms with Crippen molar-refractivity contribution in [2.75, 3.05) is 0 Å². The van der Waals surface area contributed by atoms with Crippen molar-refractivity contribution in [3.63, 3.8) is 0 Å². The van der Waals surface area contributed by atoms with Gasteiger partial charge in [0.25, 0.3) is 0 Å². The first kappa shape index (κ1) is 11.5. The van der Waals surface area contributed by atoms with Gasteiger partial charge in [0.1, 0.15) is 0 Å². The second-order valence-electron chi connectivity index (χ2n) is 6.24. The Balaban J connectivity index is 2.07. The van der Waals surface area contributed by atoms with E-state index in [0.717, 1.165) is 29.6 Å². The fourth-order valence-corrected chi connectivity index (χ4v) is 4.48. The third kappa shape index (κ3) is 2.24. The van der Waals surface area contributed by atoms with Gasteiger partial charge in [0.15, 0.2) is 0 Å². The fraction of sp³-hybridized carbons (Fsp3) is 1.00. The van der Waals surface area contributed by atoms with Crippen LogP contribution in [0.1, 0.15) is 65.7 Å². The molecule has 2 rings (SSSR count). The van der Waals surface area contributed by atoms with Crippen LogP contribution in [0.25, 0.3) is 0 Å². The second-order valence-corrected chi connectivity index (χ2v) is 6.24. The van der Waals surface area contributed by atoms with E-state index in [1.807, 2.05) is 0 Å². The first-order valence-electron chi connectivity index (χ1n) is 7.24. The van der Waals surface area contributed by atoms with E-state index in [9.17, 15) is 0 Å². The maximum absolute atomic E-state index is 2.51. The Morgan fingerprint density at radius 3 is 2.40 bits per heavy atom. The van der Waals surface area contributed by atoms with E-state index < -0.39 is 0 Å². The van der Waals surface area contributed by atoms with Crippen molar-refractivity contribution >= 4 is 0 Å². The van der Waals surface area contributed by atoms with Gasteiger partial charge in [-0.1, -0.05) is 52.9 Å². The molecule has 0 aromatic carbocycles. The fourth-order valence-electron chi connectivity index (χ4n) is 4.48. The van der Waals surface area contributed by atoms with E-state index in [4.69, 9.17) is 0 Å². The molecule has 0 aromatic rings. The van der Waals surface area contributed by atoms with Crippen LogP contribution in [0.2, 0.25) is 0 Å². The molecule has 0 saturated heterocycles. The Bertz CT molecular complexity index is 196. The van der Waals surface area contributed by atoms with Crippen LogP contribution < -0.4 is 0 Å². The Morgan fingerprint density at radius 1 is 0.867 bits per heavy atom. The summed E-state index contributed by atoms with van der Waals surface area (Å²) in [7, 11) is 0. The van der Waals surface area contributed by atoms with Crippen molar-refractivity contribution in [2.24, 2.45) is 29.6 Å². The lowest BCUT2D eigenvalue weighted by Crippen LogP contribution is -2.39. The average Bonchev–Trinajstić information content (AvgIpc) is 2.23. The minimum Gasteiger partial charge on any atom is -0.0654 e. The summed E-state index contributed by atoms with van der Waals surface area (Å²) in [5.74, 6) is 5.28. The molecule has 0 radical (unpaired) electrons. The summed E-state index contributed by atoms with van der Waals surface area (Å²) < 4.78 is 0. The van der Waals surface area contributed by atoms with E-state index in [1.165, 1.54) is 38.5 Å². The molecule has 2 aliphatic carbocycles. The van der Waals surface area contributed by atoms with Crippen molar-refractivity contribution in [1.29, 1.82) is 0 Å². The van der Waals surface area contributed by atoms with E-state index in [-0.39, 0.29) is 0 Å². The topological polar surface area (TPSA) is 0 Å². The molecule has 5 atom stereocenters. The molecule has 88 valence electrons. The molecule has 0 nitrogen and oxygen atoms in total. The standard InChI is InChI=1S/C15H28/c1-4-6-13-12(3)9-10-14-11(2)7-5-8-15(13)14/h11-15H,4-10H2,1-3H3. The highest BCUT2D eigenvalue weighted by atomic mass is 14.5. The molecular weight excluding hydrogens is 180 g/mol. The molecule has 0 bridgehead atoms. The zero-order valence-electron chi connectivity index (χ0n) is 10.8. The summed E-state index contributed by atoms with van der Waals surface area (Å²) in [6.07, 6.45) is 10.5. The largest absolute Gasteiger partial charge is 0.0654 e. The third-order valence-electron chi connectivity index (χ3n) is 5.34. The normalized spacial score (nSPS) is 46.2. The summed E-state index contributed by atoms with van der Waals surface area (Å²) in [6, 6.07) is 0. The van der Waals surface area contributed by atoms with Crippen molar-refractivity contribution in [3.05, 3.63) is 0 Å². The average molecular weight is 208 g/mol. The van der Waals surface area contributed by atoms with Gasteiger partial charge in [-0.2, -0.15) is 0 Å². The smallest absolute Gasteiger partial charge is 0.0352 e. The van der Waals surface area contributed by atoms with Gasteiger partial charge in [0.2, 0.25) is 0 Å². The van der Waals surface area contributed by atoms with E-state index >= 15 is 0 Å². The lowest BCUT2D eigenvalue weighted by atomic mass is 9.58. The van der Waals surface area contributed by atoms with Crippen LogP contribution in [-0.2, 0) is 0 Å². The van der Waals surface area contributed by atoms with Gasteiger partial charge in [0.05, 0.1) is 0 Å². The summed E-state index contributed by atoms with van der Waals surface area (Å²) in [4.78, 5) is 0. The molecule has 15 heavy (non-hydrogen) atoms. The highest BCUT2D eigenvalue weighted by molar-refractivity contribution is 4.90. The van der Waals surface area contributed by atoms with E-state index in [2.05, 4.69) is 20.8 Å². The number of rotatable bonds is 2. The van der Waals surface area contributed by atoms with Gasteiger partial charge < -0.3 is 0 Å². The van der Waals surface area contributed by atoms with Gasteiger partial charge in [0, 0.05) is 0 Å². The number of hydrogen-bond donors (Lipinski definition) is 0. The molecule has 0 heteroatoms. The summed E-state index contributed by atoms with van der Waals surface area (Å²) in [6.45, 7) is 7.38. The maximum atomic E-state index is 2.51. The molecule has 0 heterocycles. The minimum absolute atomic E-state index is 1.01. The van der Waals surface area contributed by atoms with Crippen LogP contribution in [0, 0.1) is 29.6 Å². The van der Waals surface area contributed by atoms with Gasteiger partial charge in [-0.25, -0.2) is 0 Å². The summed E-state index contributed by atoms with van der Waals surface area (Å²) >= 11 is 0. The zero-order chi connectivity index (χ0) is 10.8. The molecule has 5 unspecified atom stereocenters. The predicted octanol–water partition coefficient (Wildman–Crippen LogP) is 4.89. The van der Waals surface area contributed by atoms with Crippen LogP contribution in [0.4, 0.5) is 0 Å². The van der Waals surface area contributed by atoms with Gasteiger partial charge in [-0.05, 0) is 42.4 Å². The van der Waals surface area contributed by atoms with Crippen LogP contribution in [0.5, 0.6) is 0 Å². The number of fused-ring (bicyclic) bond motifs is 1. The van der Waals surface area contributed by atoms with Crippen molar-refractivity contribution < 1.29 is 0 Å². The maximum Gasteiger partial charge on any atom is -0.0352 e. The SMILES string of the molecule is CCCC1C(C)CCC2C(C)CCCC12. The third-order valence-corrected chi connectivity index (χ3v) is 5.34. The predicted molar refractivity (Wildman–Crippen MR) is 66.8 cm³/mol. The van der Waals surface area contributed by atoms with Gasteiger partial charge >= 0.3 is 0 Å². The van der Waals surface area contributed by atoms with Crippen molar-refractivity contribution in [3.8, 4) is 0 Å². The van der Waals surface area contributed by atoms with E-state index in [1.54, 1.807) is 6.42 Å². The van der Waals surface area contributed by atoms with Gasteiger partial charge in [-0.15, -0.1) is 0 Å². The van der Waals surface area contributed by atoms with Crippen LogP contribution in [-0.4, -0.2) is 0 Å². The Labute approximate surface area is 95.8 Å². The molecular formula is C15H28. The quantitative estimate of drug-likeness (QED) is 0.606. The molecule has 0 amide bonds. The van der Waals surface area contributed by atoms with E-state index in [0.29, 0.717) is 0 Å². The molecule has 0 N–H and O–H groups in total. The van der Waals surface area contributed by atoms with Crippen molar-refractivity contribution in [1.82, 2.24) is 0 Å². The molecule has 2 saturated carbocycles. The zero-order valence-corrected chi connectivity index (χ0v) is 10.8. The molecule has 2 fully saturated rings. The summed E-state index contributed by atoms with van der Waals surface area (Å²) in [5, 5.41) is 0. The lowest BCUT2D eigenvalue weighted by molar-refractivity contribution is 0.0240. The Morgan fingerprint density at radius 2 is 1.67 bits per heavy atom. The molecule has 0 aliphatic heterocycles. The number of hydrogen-bond acceptors (Lipinski definition) is 0. The lowest BCUT2D eigenvalue weighted by Gasteiger charge is -2.47. The van der Waals surface area contributed by atoms with Crippen LogP contribution in [0.15, 0.2) is 0 Å². The first-order valence-corrected chi connectivity index (χ1v) is 7.24. The highest BCUT2D eigenvalue weighted by Crippen LogP contribution is 2.49. The monoisotopic (exact) mass is 208 g/mol. The van der Waals surface area contributed by atoms with Gasteiger partial charge in [-0.3, -0.25) is 0 Å². The van der Waals surface area contributed by atoms with Crippen LogP contribution in [0.3, 0.4) is 0 Å². The molecule has 2 aliphatic rings. The van der Waals surface area contributed by atoms with Crippen molar-refractivity contribution in [2.45, 2.75) is 65.7 Å². The summed E-state index contributed by atoms with van der Waals surface area (Å²) in [5.41, 5.74) is 0. The second kappa shape index (κ2) is 4.89. The van der Waals surface area contributed by atoms with Crippen LogP contribution >= 0.6 is 0 Å².